The summed E-state index contributed by atoms with van der Waals surface area (Å²) in [7, 11) is -4.64. The summed E-state index contributed by atoms with van der Waals surface area (Å²) in [6.07, 6.45) is -7.01. The number of hydrogen-bond acceptors (Lipinski definition) is 15. The molecular weight excluding hydrogens is 577 g/mol. The number of anilines is 1. The van der Waals surface area contributed by atoms with Crippen molar-refractivity contribution in [3.63, 3.8) is 0 Å². The number of imidazole rings is 1. The number of H-pyrrole nitrogens is 1. The van der Waals surface area contributed by atoms with Crippen LogP contribution in [0.3, 0.4) is 0 Å². The number of nitrogen functional groups attached to an aromatic ring is 1. The summed E-state index contributed by atoms with van der Waals surface area (Å²) in [5, 5.41) is 80.8. The number of carboxylic acids is 3. The second-order valence-electron chi connectivity index (χ2n) is 7.51. The van der Waals surface area contributed by atoms with E-state index in [4.69, 9.17) is 60.7 Å². The second-order valence-corrected chi connectivity index (χ2v) is 8.54. The Labute approximate surface area is 220 Å². The van der Waals surface area contributed by atoms with Crippen molar-refractivity contribution in [2.45, 2.75) is 42.4 Å². The average molecular weight is 603 g/mol. The molecule has 0 spiro atoms. The van der Waals surface area contributed by atoms with E-state index in [1.54, 1.807) is 0 Å². The Morgan fingerprint density at radius 2 is 1.57 bits per heavy atom. The zero-order valence-corrected chi connectivity index (χ0v) is 20.6. The fourth-order valence-electron chi connectivity index (χ4n) is 2.68. The number of nitrogens with one attached hydrogen (secondary N) is 1. The van der Waals surface area contributed by atoms with Crippen molar-refractivity contribution in [3.05, 3.63) is 12.2 Å². The SMILES string of the molecule is Nc1nc(C(C(=O)O)C(O)(CC(=O)O)C(=O)O)nc2nc[nH]c12.O=C[C@H](O)[C@@H](O)[C@H](O)[C@H](O)CO.O=P(O)(O)O. The molecule has 0 aliphatic heterocycles. The number of nitrogens with zero attached hydrogens (tertiary/aromatic N) is 3. The molecule has 0 aromatic carbocycles. The molecule has 6 atom stereocenters. The first-order chi connectivity index (χ1) is 18.2. The minimum Gasteiger partial charge on any atom is -0.481 e. The number of fused-ring (bicyclic) bond motifs is 1. The predicted molar refractivity (Wildman–Crippen MR) is 123 cm³/mol. The zero-order chi connectivity index (χ0) is 31.6. The van der Waals surface area contributed by atoms with E-state index >= 15 is 0 Å². The standard InChI is InChI=1S/C11H11N5O7.C6H12O6.H3O4P/c12-6-5-8(14-2-13-5)16-7(15-6)4(9(19)20)11(23,10(21)22)1-3(17)18;7-1-3(9)5(11)6(12)4(10)2-8;1-5(2,3)4/h2,4,23H,1H2,(H,17,18)(H,19,20)(H,21,22)(H3,12,13,14,15,16);1,3-6,8-12H,2H2;(H3,1,2,3,4)/t;3-,4+,5+,6+;/m.0./s1. The van der Waals surface area contributed by atoms with Crippen molar-refractivity contribution in [2.24, 2.45) is 0 Å². The third-order valence-corrected chi connectivity index (χ3v) is 4.53. The van der Waals surface area contributed by atoms with Gasteiger partial charge >= 0.3 is 25.7 Å². The molecule has 2 aromatic heterocycles. The van der Waals surface area contributed by atoms with Crippen molar-refractivity contribution < 1.29 is 84.4 Å². The van der Waals surface area contributed by atoms with E-state index in [0.29, 0.717) is 0 Å². The van der Waals surface area contributed by atoms with Crippen molar-refractivity contribution in [2.75, 3.05) is 12.3 Å². The van der Waals surface area contributed by atoms with Crippen LogP contribution in [0.15, 0.2) is 6.33 Å². The fraction of sp³-hybridized carbons (Fsp3) is 0.471. The number of aldehydes is 1. The topological polar surface area (TPSA) is 409 Å². The first kappa shape index (κ1) is 36.3. The minimum atomic E-state index is -4.64. The molecule has 0 fully saturated rings. The number of carbonyl (C=O) groups excluding carboxylic acids is 1. The number of phosphoric acid groups is 1. The van der Waals surface area contributed by atoms with Crippen LogP contribution in [0.4, 0.5) is 5.82 Å². The predicted octanol–water partition coefficient (Wildman–Crippen LogP) is -5.91. The molecule has 0 aliphatic rings. The maximum atomic E-state index is 11.5. The summed E-state index contributed by atoms with van der Waals surface area (Å²) >= 11 is 0. The van der Waals surface area contributed by atoms with Crippen LogP contribution in [0.1, 0.15) is 18.2 Å². The average Bonchev–Trinajstić information content (AvgIpc) is 3.30. The van der Waals surface area contributed by atoms with Crippen LogP contribution in [0.5, 0.6) is 0 Å². The molecule has 23 heteroatoms. The van der Waals surface area contributed by atoms with Crippen LogP contribution in [0.25, 0.3) is 11.2 Å². The monoisotopic (exact) mass is 603 g/mol. The van der Waals surface area contributed by atoms with Gasteiger partial charge in [-0.2, -0.15) is 0 Å². The molecule has 15 N–H and O–H groups in total. The lowest BCUT2D eigenvalue weighted by Crippen LogP contribution is -2.49. The van der Waals surface area contributed by atoms with Crippen LogP contribution in [-0.4, -0.2) is 141 Å². The Bertz CT molecular complexity index is 1210. The van der Waals surface area contributed by atoms with Gasteiger partial charge in [-0.3, -0.25) is 9.59 Å². The van der Waals surface area contributed by atoms with Gasteiger partial charge in [-0.25, -0.2) is 24.3 Å². The van der Waals surface area contributed by atoms with E-state index in [0.717, 1.165) is 0 Å². The molecule has 2 rings (SSSR count). The first-order valence-corrected chi connectivity index (χ1v) is 11.7. The van der Waals surface area contributed by atoms with E-state index < -0.39 is 80.5 Å². The van der Waals surface area contributed by atoms with Gasteiger partial charge in [-0.1, -0.05) is 0 Å². The number of aliphatic hydroxyl groups is 6. The van der Waals surface area contributed by atoms with Gasteiger partial charge in [-0.05, 0) is 0 Å². The van der Waals surface area contributed by atoms with Crippen molar-refractivity contribution in [1.82, 2.24) is 19.9 Å². The lowest BCUT2D eigenvalue weighted by molar-refractivity contribution is -0.173. The fourth-order valence-corrected chi connectivity index (χ4v) is 2.68. The van der Waals surface area contributed by atoms with Gasteiger partial charge in [0.2, 0.25) is 0 Å². The van der Waals surface area contributed by atoms with Crippen molar-refractivity contribution in [3.8, 4) is 0 Å². The molecule has 0 amide bonds. The summed E-state index contributed by atoms with van der Waals surface area (Å²) in [6.45, 7) is -0.760. The quantitative estimate of drug-likeness (QED) is 0.0839. The van der Waals surface area contributed by atoms with Crippen molar-refractivity contribution in [1.29, 1.82) is 0 Å². The van der Waals surface area contributed by atoms with E-state index in [1.807, 2.05) is 0 Å². The normalized spacial score (nSPS) is 16.4. The Kier molecular flexibility index (Phi) is 13.8. The molecule has 2 aromatic rings. The summed E-state index contributed by atoms with van der Waals surface area (Å²) in [5.41, 5.74) is 2.56. The summed E-state index contributed by atoms with van der Waals surface area (Å²) in [4.78, 5) is 78.7. The Balaban J connectivity index is 0.000000748. The molecule has 0 saturated heterocycles. The van der Waals surface area contributed by atoms with E-state index in [-0.39, 0.29) is 23.3 Å². The lowest BCUT2D eigenvalue weighted by Gasteiger charge is -2.27. The number of nitrogens with two attached hydrogens (primary N) is 1. The molecule has 40 heavy (non-hydrogen) atoms. The molecule has 0 aliphatic carbocycles. The third kappa shape index (κ3) is 10.8. The number of aliphatic hydroxyl groups excluding tert-OH is 5. The van der Waals surface area contributed by atoms with Crippen LogP contribution in [0, 0.1) is 0 Å². The van der Waals surface area contributed by atoms with Gasteiger partial charge in [0.25, 0.3) is 0 Å². The van der Waals surface area contributed by atoms with Gasteiger partial charge in [0.05, 0.1) is 19.4 Å². The second kappa shape index (κ2) is 15.2. The molecule has 22 nitrogen and oxygen atoms in total. The maximum absolute atomic E-state index is 11.5. The molecule has 0 radical (unpaired) electrons. The Morgan fingerprint density at radius 1 is 1.05 bits per heavy atom. The number of carbonyl (C=O) groups is 4. The molecule has 0 saturated carbocycles. The summed E-state index contributed by atoms with van der Waals surface area (Å²) < 4.78 is 8.88. The van der Waals surface area contributed by atoms with Crippen molar-refractivity contribution >= 4 is 49.0 Å². The van der Waals surface area contributed by atoms with E-state index in [1.165, 1.54) is 6.33 Å². The lowest BCUT2D eigenvalue weighted by atomic mass is 9.83. The molecular formula is C17H26N5O17P. The molecule has 2 unspecified atom stereocenters. The van der Waals surface area contributed by atoms with Gasteiger partial charge in [0, 0.05) is 0 Å². The van der Waals surface area contributed by atoms with Crippen LogP contribution < -0.4 is 5.73 Å². The Hall–Kier alpha value is -3.70. The first-order valence-electron chi connectivity index (χ1n) is 10.1. The number of aromatic nitrogens is 4. The number of rotatable bonds is 11. The highest BCUT2D eigenvalue weighted by molar-refractivity contribution is 7.45. The summed E-state index contributed by atoms with van der Waals surface area (Å²) in [6, 6.07) is 0. The van der Waals surface area contributed by atoms with Gasteiger partial charge in [-0.15, -0.1) is 0 Å². The number of aliphatic carboxylic acids is 3. The highest BCUT2D eigenvalue weighted by Crippen LogP contribution is 2.32. The van der Waals surface area contributed by atoms with Crippen LogP contribution >= 0.6 is 7.82 Å². The number of hydrogen-bond donors (Lipinski definition) is 14. The molecule has 226 valence electrons. The molecule has 0 bridgehead atoms. The van der Waals surface area contributed by atoms with E-state index in [2.05, 4.69) is 19.9 Å². The molecule has 2 heterocycles. The summed E-state index contributed by atoms with van der Waals surface area (Å²) in [5.74, 6) is -8.74. The van der Waals surface area contributed by atoms with Gasteiger partial charge < -0.3 is 76.2 Å². The largest absolute Gasteiger partial charge is 0.481 e. The highest BCUT2D eigenvalue weighted by Gasteiger charge is 2.52. The zero-order valence-electron chi connectivity index (χ0n) is 19.7. The van der Waals surface area contributed by atoms with Gasteiger partial charge in [0.15, 0.2) is 35.1 Å². The van der Waals surface area contributed by atoms with Crippen LogP contribution in [0.2, 0.25) is 0 Å². The third-order valence-electron chi connectivity index (χ3n) is 4.53. The number of aromatic amines is 1. The smallest absolute Gasteiger partial charge is 0.466 e. The number of carboxylic acid groups (broad SMARTS) is 3. The van der Waals surface area contributed by atoms with Crippen LogP contribution in [-0.2, 0) is 23.7 Å². The maximum Gasteiger partial charge on any atom is 0.466 e. The van der Waals surface area contributed by atoms with Gasteiger partial charge in [0.1, 0.15) is 29.9 Å². The minimum absolute atomic E-state index is 0.0258. The highest BCUT2D eigenvalue weighted by atomic mass is 31.2. The van der Waals surface area contributed by atoms with E-state index in [9.17, 15) is 29.4 Å². The Morgan fingerprint density at radius 3 is 1.98 bits per heavy atom.